The number of nitrogens with two attached hydrogens (primary N) is 1. The first-order valence-electron chi connectivity index (χ1n) is 5.79. The summed E-state index contributed by atoms with van der Waals surface area (Å²) in [6.07, 6.45) is 1.79. The summed E-state index contributed by atoms with van der Waals surface area (Å²) < 4.78 is 0. The normalized spacial score (nSPS) is 15.9. The first-order valence-corrected chi connectivity index (χ1v) is 5.79. The first kappa shape index (κ1) is 14.4. The maximum Gasteiger partial charge on any atom is 0.223 e. The lowest BCUT2D eigenvalue weighted by molar-refractivity contribution is -0.126. The topological polar surface area (TPSA) is 55.1 Å². The van der Waals surface area contributed by atoms with Crippen LogP contribution < -0.4 is 11.1 Å². The van der Waals surface area contributed by atoms with Gasteiger partial charge in [0, 0.05) is 12.0 Å². The SMILES string of the molecule is CC(CCCN)C(=O)NC(C)C(C)(C)C. The van der Waals surface area contributed by atoms with Gasteiger partial charge in [0.1, 0.15) is 0 Å². The highest BCUT2D eigenvalue weighted by molar-refractivity contribution is 5.78. The van der Waals surface area contributed by atoms with Gasteiger partial charge in [0.05, 0.1) is 0 Å². The third kappa shape index (κ3) is 5.78. The Morgan fingerprint density at radius 3 is 2.27 bits per heavy atom. The largest absolute Gasteiger partial charge is 0.353 e. The minimum Gasteiger partial charge on any atom is -0.353 e. The average Bonchev–Trinajstić information content (AvgIpc) is 2.12. The second-order valence-corrected chi connectivity index (χ2v) is 5.43. The van der Waals surface area contributed by atoms with Crippen LogP contribution in [-0.4, -0.2) is 18.5 Å². The maximum atomic E-state index is 11.8. The Kier molecular flexibility index (Phi) is 5.88. The van der Waals surface area contributed by atoms with Crippen molar-refractivity contribution in [3.63, 3.8) is 0 Å². The number of hydrogen-bond acceptors (Lipinski definition) is 2. The van der Waals surface area contributed by atoms with Crippen LogP contribution in [0, 0.1) is 11.3 Å². The Morgan fingerprint density at radius 2 is 1.87 bits per heavy atom. The van der Waals surface area contributed by atoms with Gasteiger partial charge in [-0.1, -0.05) is 27.7 Å². The Balaban J connectivity index is 4.02. The van der Waals surface area contributed by atoms with Crippen LogP contribution in [0.2, 0.25) is 0 Å². The fourth-order valence-electron chi connectivity index (χ4n) is 1.13. The summed E-state index contributed by atoms with van der Waals surface area (Å²) in [5.41, 5.74) is 5.53. The van der Waals surface area contributed by atoms with Crippen molar-refractivity contribution in [3.05, 3.63) is 0 Å². The van der Waals surface area contributed by atoms with Crippen molar-refractivity contribution in [3.8, 4) is 0 Å². The van der Waals surface area contributed by atoms with E-state index >= 15 is 0 Å². The van der Waals surface area contributed by atoms with E-state index in [-0.39, 0.29) is 23.3 Å². The molecule has 0 aliphatic carbocycles. The van der Waals surface area contributed by atoms with E-state index in [4.69, 9.17) is 5.73 Å². The first-order chi connectivity index (χ1) is 6.79. The molecule has 1 amide bonds. The highest BCUT2D eigenvalue weighted by Gasteiger charge is 2.23. The van der Waals surface area contributed by atoms with Gasteiger partial charge in [-0.3, -0.25) is 4.79 Å². The van der Waals surface area contributed by atoms with Crippen LogP contribution in [0.4, 0.5) is 0 Å². The second-order valence-electron chi connectivity index (χ2n) is 5.43. The van der Waals surface area contributed by atoms with E-state index in [9.17, 15) is 4.79 Å². The molecule has 0 saturated heterocycles. The Labute approximate surface area is 93.8 Å². The Hall–Kier alpha value is -0.570. The fraction of sp³-hybridized carbons (Fsp3) is 0.917. The minimum absolute atomic E-state index is 0.0679. The number of rotatable bonds is 5. The molecule has 0 aliphatic heterocycles. The van der Waals surface area contributed by atoms with Crippen molar-refractivity contribution < 1.29 is 4.79 Å². The molecule has 3 nitrogen and oxygen atoms in total. The highest BCUT2D eigenvalue weighted by Crippen LogP contribution is 2.19. The van der Waals surface area contributed by atoms with Crippen molar-refractivity contribution in [2.24, 2.45) is 17.1 Å². The van der Waals surface area contributed by atoms with Gasteiger partial charge in [-0.2, -0.15) is 0 Å². The van der Waals surface area contributed by atoms with Gasteiger partial charge in [0.2, 0.25) is 5.91 Å². The quantitative estimate of drug-likeness (QED) is 0.734. The zero-order valence-corrected chi connectivity index (χ0v) is 10.8. The Bertz CT molecular complexity index is 196. The molecule has 15 heavy (non-hydrogen) atoms. The molecule has 2 unspecified atom stereocenters. The van der Waals surface area contributed by atoms with Crippen LogP contribution in [0.15, 0.2) is 0 Å². The van der Waals surface area contributed by atoms with Gasteiger partial charge in [-0.15, -0.1) is 0 Å². The van der Waals surface area contributed by atoms with Crippen molar-refractivity contribution >= 4 is 5.91 Å². The summed E-state index contributed by atoms with van der Waals surface area (Å²) in [6, 6.07) is 0.199. The molecular weight excluding hydrogens is 188 g/mol. The second kappa shape index (κ2) is 6.11. The summed E-state index contributed by atoms with van der Waals surface area (Å²) in [4.78, 5) is 11.8. The fourth-order valence-corrected chi connectivity index (χ4v) is 1.13. The molecule has 0 spiro atoms. The number of hydrogen-bond donors (Lipinski definition) is 2. The summed E-state index contributed by atoms with van der Waals surface area (Å²) in [5, 5.41) is 3.05. The molecule has 0 aromatic heterocycles. The number of nitrogens with one attached hydrogen (secondary N) is 1. The van der Waals surface area contributed by atoms with E-state index in [0.29, 0.717) is 6.54 Å². The predicted octanol–water partition coefficient (Wildman–Crippen LogP) is 1.91. The highest BCUT2D eigenvalue weighted by atomic mass is 16.1. The molecule has 3 heteroatoms. The lowest BCUT2D eigenvalue weighted by Crippen LogP contribution is -2.43. The summed E-state index contributed by atoms with van der Waals surface area (Å²) in [5.74, 6) is 0.212. The predicted molar refractivity (Wildman–Crippen MR) is 64.5 cm³/mol. The third-order valence-electron chi connectivity index (χ3n) is 2.95. The molecule has 0 aromatic carbocycles. The summed E-state index contributed by atoms with van der Waals surface area (Å²) in [7, 11) is 0. The van der Waals surface area contributed by atoms with Crippen molar-refractivity contribution in [2.75, 3.05) is 6.54 Å². The zero-order chi connectivity index (χ0) is 12.1. The molecule has 0 aromatic rings. The third-order valence-corrected chi connectivity index (χ3v) is 2.95. The minimum atomic E-state index is 0.0679. The molecule has 0 saturated carbocycles. The van der Waals surface area contributed by atoms with Crippen LogP contribution >= 0.6 is 0 Å². The standard InChI is InChI=1S/C12H26N2O/c1-9(7-6-8-13)11(15)14-10(2)12(3,4)5/h9-10H,6-8,13H2,1-5H3,(H,14,15). The van der Waals surface area contributed by atoms with Crippen molar-refractivity contribution in [1.82, 2.24) is 5.32 Å². The van der Waals surface area contributed by atoms with E-state index < -0.39 is 0 Å². The molecule has 90 valence electrons. The van der Waals surface area contributed by atoms with E-state index in [1.807, 2.05) is 13.8 Å². The average molecular weight is 214 g/mol. The molecule has 0 radical (unpaired) electrons. The summed E-state index contributed by atoms with van der Waals surface area (Å²) in [6.45, 7) is 11.0. The smallest absolute Gasteiger partial charge is 0.223 e. The van der Waals surface area contributed by atoms with Gasteiger partial charge in [-0.05, 0) is 31.7 Å². The molecule has 0 fully saturated rings. The van der Waals surface area contributed by atoms with Gasteiger partial charge in [0.25, 0.3) is 0 Å². The molecule has 0 heterocycles. The Morgan fingerprint density at radius 1 is 1.33 bits per heavy atom. The molecule has 0 bridgehead atoms. The van der Waals surface area contributed by atoms with Crippen LogP contribution in [0.25, 0.3) is 0 Å². The van der Waals surface area contributed by atoms with Gasteiger partial charge >= 0.3 is 0 Å². The molecule has 0 rings (SSSR count). The lowest BCUT2D eigenvalue weighted by atomic mass is 9.87. The van der Waals surface area contributed by atoms with Gasteiger partial charge in [0.15, 0.2) is 0 Å². The van der Waals surface area contributed by atoms with E-state index in [0.717, 1.165) is 12.8 Å². The summed E-state index contributed by atoms with van der Waals surface area (Å²) >= 11 is 0. The molecule has 2 atom stereocenters. The zero-order valence-electron chi connectivity index (χ0n) is 10.8. The van der Waals surface area contributed by atoms with Crippen LogP contribution in [0.5, 0.6) is 0 Å². The van der Waals surface area contributed by atoms with Crippen LogP contribution in [-0.2, 0) is 4.79 Å². The van der Waals surface area contributed by atoms with Crippen LogP contribution in [0.1, 0.15) is 47.5 Å². The van der Waals surface area contributed by atoms with Crippen LogP contribution in [0.3, 0.4) is 0 Å². The van der Waals surface area contributed by atoms with E-state index in [1.165, 1.54) is 0 Å². The van der Waals surface area contributed by atoms with Gasteiger partial charge < -0.3 is 11.1 Å². The number of carbonyl (C=O) groups is 1. The monoisotopic (exact) mass is 214 g/mol. The molecule has 0 aliphatic rings. The van der Waals surface area contributed by atoms with E-state index in [2.05, 4.69) is 26.1 Å². The molecule has 3 N–H and O–H groups in total. The lowest BCUT2D eigenvalue weighted by Gasteiger charge is -2.29. The number of carbonyl (C=O) groups excluding carboxylic acids is 1. The maximum absolute atomic E-state index is 11.8. The number of amides is 1. The molecular formula is C12H26N2O. The van der Waals surface area contributed by atoms with E-state index in [1.54, 1.807) is 0 Å². The van der Waals surface area contributed by atoms with Gasteiger partial charge in [-0.25, -0.2) is 0 Å². The van der Waals surface area contributed by atoms with Crippen molar-refractivity contribution in [2.45, 2.75) is 53.5 Å². The van der Waals surface area contributed by atoms with Crippen molar-refractivity contribution in [1.29, 1.82) is 0 Å².